The van der Waals surface area contributed by atoms with Crippen molar-refractivity contribution in [2.24, 2.45) is 0 Å². The lowest BCUT2D eigenvalue weighted by Crippen LogP contribution is -2.05. The number of hydrogen-bond acceptors (Lipinski definition) is 5. The van der Waals surface area contributed by atoms with Crippen molar-refractivity contribution in [1.82, 2.24) is 10.5 Å². The molecule has 3 aromatic rings. The number of furan rings is 1. The number of nitrogens with one attached hydrogen (secondary N) is 1. The molecule has 0 spiro atoms. The maximum Gasteiger partial charge on any atom is 0.202 e. The van der Waals surface area contributed by atoms with Crippen molar-refractivity contribution in [1.29, 1.82) is 0 Å². The molecule has 0 atom stereocenters. The predicted molar refractivity (Wildman–Crippen MR) is 77.7 cm³/mol. The lowest BCUT2D eigenvalue weighted by molar-refractivity contribution is 0.289. The molecule has 0 amide bonds. The van der Waals surface area contributed by atoms with E-state index in [0.29, 0.717) is 18.1 Å². The van der Waals surface area contributed by atoms with Crippen LogP contribution in [0.1, 0.15) is 11.3 Å². The molecular weight excluding hydrogens is 268 g/mol. The van der Waals surface area contributed by atoms with Crippen molar-refractivity contribution in [3.05, 3.63) is 60.0 Å². The highest BCUT2D eigenvalue weighted by Crippen LogP contribution is 2.21. The maximum atomic E-state index is 5.73. The van der Waals surface area contributed by atoms with Crippen molar-refractivity contribution in [2.45, 2.75) is 13.2 Å². The SMILES string of the molecule is CNCc1cccc(OCc2cc(-c3ccco3)on2)c1. The van der Waals surface area contributed by atoms with Crippen LogP contribution in [0, 0.1) is 0 Å². The zero-order valence-corrected chi connectivity index (χ0v) is 11.7. The molecule has 3 rings (SSSR count). The van der Waals surface area contributed by atoms with Gasteiger partial charge >= 0.3 is 0 Å². The Kier molecular flexibility index (Phi) is 4.02. The second-order valence-corrected chi connectivity index (χ2v) is 4.63. The Morgan fingerprint density at radius 1 is 1.14 bits per heavy atom. The highest BCUT2D eigenvalue weighted by atomic mass is 16.5. The molecule has 21 heavy (non-hydrogen) atoms. The molecule has 0 aliphatic heterocycles. The Hall–Kier alpha value is -2.53. The fraction of sp³-hybridized carbons (Fsp3) is 0.188. The first-order valence-electron chi connectivity index (χ1n) is 6.71. The zero-order valence-electron chi connectivity index (χ0n) is 11.7. The Morgan fingerprint density at radius 3 is 2.90 bits per heavy atom. The van der Waals surface area contributed by atoms with Crippen LogP contribution >= 0.6 is 0 Å². The summed E-state index contributed by atoms with van der Waals surface area (Å²) in [4.78, 5) is 0. The smallest absolute Gasteiger partial charge is 0.202 e. The van der Waals surface area contributed by atoms with Gasteiger partial charge in [0.05, 0.1) is 6.26 Å². The number of benzene rings is 1. The van der Waals surface area contributed by atoms with E-state index in [-0.39, 0.29) is 0 Å². The lowest BCUT2D eigenvalue weighted by Gasteiger charge is -2.06. The molecule has 0 fully saturated rings. The first-order valence-corrected chi connectivity index (χ1v) is 6.71. The summed E-state index contributed by atoms with van der Waals surface area (Å²) in [7, 11) is 1.92. The zero-order chi connectivity index (χ0) is 14.5. The number of hydrogen-bond donors (Lipinski definition) is 1. The minimum Gasteiger partial charge on any atom is -0.487 e. The van der Waals surface area contributed by atoms with E-state index in [1.165, 1.54) is 5.56 Å². The number of nitrogens with zero attached hydrogens (tertiary/aromatic N) is 1. The van der Waals surface area contributed by atoms with Crippen LogP contribution < -0.4 is 10.1 Å². The normalized spacial score (nSPS) is 10.7. The predicted octanol–water partition coefficient (Wildman–Crippen LogP) is 3.23. The van der Waals surface area contributed by atoms with E-state index in [1.807, 2.05) is 37.4 Å². The van der Waals surface area contributed by atoms with E-state index >= 15 is 0 Å². The van der Waals surface area contributed by atoms with Gasteiger partial charge in [0, 0.05) is 12.6 Å². The molecule has 0 aliphatic rings. The Bertz CT molecular complexity index is 689. The van der Waals surface area contributed by atoms with Crippen molar-refractivity contribution in [2.75, 3.05) is 7.05 Å². The molecular formula is C16H16N2O3. The lowest BCUT2D eigenvalue weighted by atomic mass is 10.2. The summed E-state index contributed by atoms with van der Waals surface area (Å²) in [6.07, 6.45) is 1.60. The monoisotopic (exact) mass is 284 g/mol. The van der Waals surface area contributed by atoms with Gasteiger partial charge in [0.15, 0.2) is 5.76 Å². The average molecular weight is 284 g/mol. The number of aromatic nitrogens is 1. The molecule has 0 bridgehead atoms. The number of rotatable bonds is 6. The van der Waals surface area contributed by atoms with Crippen molar-refractivity contribution < 1.29 is 13.7 Å². The molecule has 0 saturated heterocycles. The Morgan fingerprint density at radius 2 is 2.10 bits per heavy atom. The van der Waals surface area contributed by atoms with Gasteiger partial charge in [0.25, 0.3) is 0 Å². The van der Waals surface area contributed by atoms with Crippen LogP contribution in [-0.2, 0) is 13.2 Å². The second-order valence-electron chi connectivity index (χ2n) is 4.63. The maximum absolute atomic E-state index is 5.73. The van der Waals surface area contributed by atoms with Gasteiger partial charge in [0.1, 0.15) is 18.1 Å². The van der Waals surface area contributed by atoms with Crippen LogP contribution in [0.2, 0.25) is 0 Å². The molecule has 0 saturated carbocycles. The minimum absolute atomic E-state index is 0.354. The Balaban J connectivity index is 1.64. The standard InChI is InChI=1S/C16H16N2O3/c1-17-10-12-4-2-5-14(8-12)20-11-13-9-16(21-18-13)15-6-3-7-19-15/h2-9,17H,10-11H2,1H3. The third-order valence-electron chi connectivity index (χ3n) is 2.99. The third kappa shape index (κ3) is 3.32. The van der Waals surface area contributed by atoms with Gasteiger partial charge in [0.2, 0.25) is 5.76 Å². The van der Waals surface area contributed by atoms with E-state index < -0.39 is 0 Å². The van der Waals surface area contributed by atoms with Crippen LogP contribution in [0.5, 0.6) is 5.75 Å². The first kappa shape index (κ1) is 13.5. The van der Waals surface area contributed by atoms with Crippen molar-refractivity contribution in [3.63, 3.8) is 0 Å². The van der Waals surface area contributed by atoms with Gasteiger partial charge in [-0.05, 0) is 36.9 Å². The number of ether oxygens (including phenoxy) is 1. The van der Waals surface area contributed by atoms with Gasteiger partial charge in [-0.25, -0.2) is 0 Å². The van der Waals surface area contributed by atoms with Gasteiger partial charge in [-0.3, -0.25) is 0 Å². The highest BCUT2D eigenvalue weighted by molar-refractivity contribution is 5.49. The van der Waals surface area contributed by atoms with E-state index in [1.54, 1.807) is 12.3 Å². The van der Waals surface area contributed by atoms with E-state index in [2.05, 4.69) is 16.5 Å². The first-order chi connectivity index (χ1) is 10.3. The molecule has 0 radical (unpaired) electrons. The quantitative estimate of drug-likeness (QED) is 0.753. The van der Waals surface area contributed by atoms with E-state index in [0.717, 1.165) is 18.0 Å². The summed E-state index contributed by atoms with van der Waals surface area (Å²) < 4.78 is 16.2. The summed E-state index contributed by atoms with van der Waals surface area (Å²) in [5, 5.41) is 7.08. The van der Waals surface area contributed by atoms with Crippen molar-refractivity contribution in [3.8, 4) is 17.3 Å². The van der Waals surface area contributed by atoms with Crippen molar-refractivity contribution >= 4 is 0 Å². The molecule has 0 unspecified atom stereocenters. The summed E-state index contributed by atoms with van der Waals surface area (Å²) in [5.74, 6) is 2.07. The molecule has 2 aromatic heterocycles. The summed E-state index contributed by atoms with van der Waals surface area (Å²) in [6, 6.07) is 13.4. The van der Waals surface area contributed by atoms with E-state index in [9.17, 15) is 0 Å². The average Bonchev–Trinajstić information content (AvgIpc) is 3.17. The largest absolute Gasteiger partial charge is 0.487 e. The minimum atomic E-state index is 0.354. The van der Waals surface area contributed by atoms with Crippen LogP contribution in [0.4, 0.5) is 0 Å². The Labute approximate surface area is 122 Å². The summed E-state index contributed by atoms with van der Waals surface area (Å²) >= 11 is 0. The molecule has 5 nitrogen and oxygen atoms in total. The van der Waals surface area contributed by atoms with Gasteiger partial charge < -0.3 is 19.0 Å². The molecule has 5 heteroatoms. The van der Waals surface area contributed by atoms with Crippen LogP contribution in [-0.4, -0.2) is 12.2 Å². The molecule has 0 aliphatic carbocycles. The van der Waals surface area contributed by atoms with Gasteiger partial charge in [-0.15, -0.1) is 0 Å². The van der Waals surface area contributed by atoms with Gasteiger partial charge in [-0.1, -0.05) is 17.3 Å². The van der Waals surface area contributed by atoms with E-state index in [4.69, 9.17) is 13.7 Å². The fourth-order valence-corrected chi connectivity index (χ4v) is 2.02. The third-order valence-corrected chi connectivity index (χ3v) is 2.99. The van der Waals surface area contributed by atoms with Crippen LogP contribution in [0.15, 0.2) is 57.7 Å². The topological polar surface area (TPSA) is 60.4 Å². The molecule has 1 N–H and O–H groups in total. The molecule has 1 aromatic carbocycles. The van der Waals surface area contributed by atoms with Crippen LogP contribution in [0.3, 0.4) is 0 Å². The van der Waals surface area contributed by atoms with Crippen LogP contribution in [0.25, 0.3) is 11.5 Å². The molecule has 2 heterocycles. The molecule has 108 valence electrons. The summed E-state index contributed by atoms with van der Waals surface area (Å²) in [5.41, 5.74) is 1.90. The summed E-state index contributed by atoms with van der Waals surface area (Å²) in [6.45, 7) is 1.16. The van der Waals surface area contributed by atoms with Gasteiger partial charge in [-0.2, -0.15) is 0 Å². The second kappa shape index (κ2) is 6.28. The fourth-order valence-electron chi connectivity index (χ4n) is 2.02. The highest BCUT2D eigenvalue weighted by Gasteiger charge is 2.09.